The Bertz CT molecular complexity index is 480. The third kappa shape index (κ3) is 3.37. The summed E-state index contributed by atoms with van der Waals surface area (Å²) < 4.78 is 11.2. The molecule has 110 valence electrons. The number of hydrogen-bond acceptors (Lipinski definition) is 3. The topological polar surface area (TPSA) is 47.6 Å². The lowest BCUT2D eigenvalue weighted by atomic mass is 9.95. The molecule has 0 bridgehead atoms. The molecule has 0 spiro atoms. The van der Waals surface area contributed by atoms with Gasteiger partial charge < -0.3 is 14.8 Å². The van der Waals surface area contributed by atoms with Gasteiger partial charge in [-0.05, 0) is 31.9 Å². The van der Waals surface area contributed by atoms with Crippen LogP contribution in [-0.4, -0.2) is 30.0 Å². The Morgan fingerprint density at radius 3 is 2.80 bits per heavy atom. The van der Waals surface area contributed by atoms with E-state index >= 15 is 0 Å². The average molecular weight is 298 g/mol. The second-order valence-electron chi connectivity index (χ2n) is 5.21. The molecule has 2 unspecified atom stereocenters. The van der Waals surface area contributed by atoms with Gasteiger partial charge in [0.2, 0.25) is 6.10 Å². The van der Waals surface area contributed by atoms with E-state index in [1.54, 1.807) is 6.07 Å². The standard InChI is InChI=1S/C15H20ClNO3/c1-3-15(2,8-9-16)17-14(18)13-10-19-11-6-4-5-7-12(11)20-13/h4-7,13H,3,8-10H2,1-2H3,(H,17,18). The van der Waals surface area contributed by atoms with Crippen LogP contribution in [0.3, 0.4) is 0 Å². The second-order valence-corrected chi connectivity index (χ2v) is 5.58. The molecule has 2 atom stereocenters. The summed E-state index contributed by atoms with van der Waals surface area (Å²) in [6.07, 6.45) is 0.919. The van der Waals surface area contributed by atoms with E-state index in [1.807, 2.05) is 32.0 Å². The molecule has 20 heavy (non-hydrogen) atoms. The van der Waals surface area contributed by atoms with E-state index in [4.69, 9.17) is 21.1 Å². The Hall–Kier alpha value is -1.42. The number of rotatable bonds is 5. The molecule has 2 rings (SSSR count). The van der Waals surface area contributed by atoms with Gasteiger partial charge in [0, 0.05) is 11.4 Å². The molecule has 1 aliphatic rings. The van der Waals surface area contributed by atoms with Gasteiger partial charge in [0.15, 0.2) is 11.5 Å². The molecule has 1 amide bonds. The molecule has 0 saturated carbocycles. The summed E-state index contributed by atoms with van der Waals surface area (Å²) >= 11 is 5.79. The predicted molar refractivity (Wildman–Crippen MR) is 78.5 cm³/mol. The summed E-state index contributed by atoms with van der Waals surface area (Å²) in [5.41, 5.74) is -0.306. The minimum absolute atomic E-state index is 0.158. The van der Waals surface area contributed by atoms with E-state index in [1.165, 1.54) is 0 Å². The van der Waals surface area contributed by atoms with Crippen LogP contribution >= 0.6 is 11.6 Å². The first kappa shape index (κ1) is 15.0. The Kier molecular flexibility index (Phi) is 4.76. The van der Waals surface area contributed by atoms with Gasteiger partial charge in [0.1, 0.15) is 6.61 Å². The van der Waals surface area contributed by atoms with Crippen LogP contribution in [0.25, 0.3) is 0 Å². The van der Waals surface area contributed by atoms with E-state index in [2.05, 4.69) is 5.32 Å². The van der Waals surface area contributed by atoms with E-state index in [-0.39, 0.29) is 18.1 Å². The second kappa shape index (κ2) is 6.35. The van der Waals surface area contributed by atoms with Crippen LogP contribution in [0.5, 0.6) is 11.5 Å². The van der Waals surface area contributed by atoms with Crippen molar-refractivity contribution in [1.82, 2.24) is 5.32 Å². The maximum atomic E-state index is 12.3. The SMILES string of the molecule is CCC(C)(CCCl)NC(=O)C1COc2ccccc2O1. The minimum atomic E-state index is -0.619. The van der Waals surface area contributed by atoms with Gasteiger partial charge in [0.25, 0.3) is 5.91 Å². The van der Waals surface area contributed by atoms with Crippen molar-refractivity contribution in [1.29, 1.82) is 0 Å². The lowest BCUT2D eigenvalue weighted by molar-refractivity contribution is -0.132. The lowest BCUT2D eigenvalue weighted by Crippen LogP contribution is -2.53. The molecule has 0 saturated heterocycles. The molecular formula is C15H20ClNO3. The van der Waals surface area contributed by atoms with Crippen molar-refractivity contribution >= 4 is 17.5 Å². The van der Waals surface area contributed by atoms with E-state index in [9.17, 15) is 4.79 Å². The van der Waals surface area contributed by atoms with Gasteiger partial charge in [-0.15, -0.1) is 11.6 Å². The highest BCUT2D eigenvalue weighted by atomic mass is 35.5. The number of ether oxygens (including phenoxy) is 2. The largest absolute Gasteiger partial charge is 0.485 e. The lowest BCUT2D eigenvalue weighted by Gasteiger charge is -2.32. The molecule has 0 aliphatic carbocycles. The van der Waals surface area contributed by atoms with Crippen molar-refractivity contribution in [2.24, 2.45) is 0 Å². The van der Waals surface area contributed by atoms with Crippen LogP contribution in [0.2, 0.25) is 0 Å². The van der Waals surface area contributed by atoms with E-state index in [0.717, 1.165) is 12.8 Å². The fraction of sp³-hybridized carbons (Fsp3) is 0.533. The van der Waals surface area contributed by atoms with Crippen LogP contribution < -0.4 is 14.8 Å². The van der Waals surface area contributed by atoms with Gasteiger partial charge in [-0.25, -0.2) is 0 Å². The third-order valence-corrected chi connectivity index (χ3v) is 3.84. The zero-order valence-corrected chi connectivity index (χ0v) is 12.6. The first-order valence-electron chi connectivity index (χ1n) is 6.84. The molecule has 1 aliphatic heterocycles. The molecule has 0 radical (unpaired) electrons. The molecule has 1 heterocycles. The Balaban J connectivity index is 2.01. The highest BCUT2D eigenvalue weighted by Gasteiger charge is 2.32. The van der Waals surface area contributed by atoms with E-state index in [0.29, 0.717) is 17.4 Å². The maximum absolute atomic E-state index is 12.3. The molecule has 1 N–H and O–H groups in total. The number of halogens is 1. The molecule has 0 fully saturated rings. The van der Waals surface area contributed by atoms with Crippen LogP contribution in [0.1, 0.15) is 26.7 Å². The summed E-state index contributed by atoms with van der Waals surface area (Å²) in [4.78, 5) is 12.3. The van der Waals surface area contributed by atoms with Crippen LogP contribution in [0, 0.1) is 0 Å². The van der Waals surface area contributed by atoms with Crippen molar-refractivity contribution in [2.75, 3.05) is 12.5 Å². The first-order valence-corrected chi connectivity index (χ1v) is 7.38. The summed E-state index contributed by atoms with van der Waals surface area (Å²) in [6.45, 7) is 4.24. The number of amides is 1. The smallest absolute Gasteiger partial charge is 0.265 e. The predicted octanol–water partition coefficient (Wildman–Crippen LogP) is 2.74. The van der Waals surface area contributed by atoms with Crippen molar-refractivity contribution in [2.45, 2.75) is 38.3 Å². The number of alkyl halides is 1. The molecular weight excluding hydrogens is 278 g/mol. The summed E-state index contributed by atoms with van der Waals surface area (Å²) in [7, 11) is 0. The number of fused-ring (bicyclic) bond motifs is 1. The molecule has 1 aromatic carbocycles. The Morgan fingerprint density at radius 1 is 1.45 bits per heavy atom. The van der Waals surface area contributed by atoms with Gasteiger partial charge in [-0.3, -0.25) is 4.79 Å². The fourth-order valence-corrected chi connectivity index (χ4v) is 2.48. The van der Waals surface area contributed by atoms with Gasteiger partial charge in [0.05, 0.1) is 0 Å². The normalized spacial score (nSPS) is 20.1. The number of benzene rings is 1. The van der Waals surface area contributed by atoms with Crippen molar-refractivity contribution < 1.29 is 14.3 Å². The van der Waals surface area contributed by atoms with Crippen LogP contribution in [-0.2, 0) is 4.79 Å². The monoisotopic (exact) mass is 297 g/mol. The fourth-order valence-electron chi connectivity index (χ4n) is 2.06. The van der Waals surface area contributed by atoms with Crippen molar-refractivity contribution in [3.63, 3.8) is 0 Å². The molecule has 5 heteroatoms. The average Bonchev–Trinajstić information content (AvgIpc) is 2.47. The zero-order valence-electron chi connectivity index (χ0n) is 11.8. The van der Waals surface area contributed by atoms with Crippen molar-refractivity contribution in [3.05, 3.63) is 24.3 Å². The van der Waals surface area contributed by atoms with Gasteiger partial charge in [-0.2, -0.15) is 0 Å². The van der Waals surface area contributed by atoms with E-state index < -0.39 is 6.10 Å². The van der Waals surface area contributed by atoms with Crippen LogP contribution in [0.4, 0.5) is 0 Å². The highest BCUT2D eigenvalue weighted by molar-refractivity contribution is 6.17. The third-order valence-electron chi connectivity index (χ3n) is 3.65. The number of hydrogen-bond donors (Lipinski definition) is 1. The molecule has 1 aromatic rings. The van der Waals surface area contributed by atoms with Gasteiger partial charge >= 0.3 is 0 Å². The summed E-state index contributed by atoms with van der Waals surface area (Å²) in [5, 5.41) is 3.02. The number of nitrogens with one attached hydrogen (secondary N) is 1. The molecule has 4 nitrogen and oxygen atoms in total. The number of carbonyl (C=O) groups is 1. The number of para-hydroxylation sites is 2. The molecule has 0 aromatic heterocycles. The minimum Gasteiger partial charge on any atom is -0.485 e. The summed E-state index contributed by atoms with van der Waals surface area (Å²) in [6, 6.07) is 7.35. The van der Waals surface area contributed by atoms with Crippen molar-refractivity contribution in [3.8, 4) is 11.5 Å². The zero-order chi connectivity index (χ0) is 14.6. The Morgan fingerprint density at radius 2 is 2.15 bits per heavy atom. The summed E-state index contributed by atoms with van der Waals surface area (Å²) in [5.74, 6) is 1.63. The number of carbonyl (C=O) groups excluding carboxylic acids is 1. The highest BCUT2D eigenvalue weighted by Crippen LogP contribution is 2.31. The quantitative estimate of drug-likeness (QED) is 0.850. The van der Waals surface area contributed by atoms with Crippen LogP contribution in [0.15, 0.2) is 24.3 Å². The Labute approximate surface area is 124 Å². The van der Waals surface area contributed by atoms with Gasteiger partial charge in [-0.1, -0.05) is 19.1 Å². The maximum Gasteiger partial charge on any atom is 0.265 e. The first-order chi connectivity index (χ1) is 9.58.